The molecule has 3 aromatic rings. The smallest absolute Gasteiger partial charge is 0.0846 e. The van der Waals surface area contributed by atoms with Gasteiger partial charge in [-0.3, -0.25) is 4.90 Å². The zero-order chi connectivity index (χ0) is 22.2. The quantitative estimate of drug-likeness (QED) is 0.422. The predicted molar refractivity (Wildman–Crippen MR) is 131 cm³/mol. The molecule has 4 rings (SSSR count). The minimum atomic E-state index is -0.970. The zero-order valence-corrected chi connectivity index (χ0v) is 19.7. The zero-order valence-electron chi connectivity index (χ0n) is 17.4. The Hall–Kier alpha value is -1.81. The molecule has 1 fully saturated rings. The monoisotopic (exact) mass is 471 g/mol. The van der Waals surface area contributed by atoms with Gasteiger partial charge in [0.05, 0.1) is 11.6 Å². The lowest BCUT2D eigenvalue weighted by atomic mass is 9.83. The van der Waals surface area contributed by atoms with Gasteiger partial charge in [-0.25, -0.2) is 0 Å². The molecule has 5 heteroatoms. The first-order valence-electron chi connectivity index (χ1n) is 10.2. The van der Waals surface area contributed by atoms with E-state index in [1.165, 1.54) is 16.7 Å². The van der Waals surface area contributed by atoms with Crippen LogP contribution in [-0.4, -0.2) is 28.7 Å². The fourth-order valence-electron chi connectivity index (χ4n) is 4.32. The highest BCUT2D eigenvalue weighted by atomic mass is 35.5. The molecule has 31 heavy (non-hydrogen) atoms. The standard InChI is InChI=1S/C26H24Cl3NO/c1-26(2,31)24(19-4-3-5-23(29)14-19)20-15-30(16-20)25(17-6-10-21(27)11-7-17)18-8-12-22(28)13-9-18/h3-14,25,31H,15-16H2,1-2H3. The molecule has 0 bridgehead atoms. The van der Waals surface area contributed by atoms with Gasteiger partial charge in [-0.05, 0) is 78.1 Å². The van der Waals surface area contributed by atoms with Crippen molar-refractivity contribution in [2.45, 2.75) is 25.5 Å². The molecule has 0 amide bonds. The third-order valence-electron chi connectivity index (χ3n) is 5.60. The van der Waals surface area contributed by atoms with E-state index in [0.29, 0.717) is 15.1 Å². The molecule has 1 heterocycles. The van der Waals surface area contributed by atoms with E-state index in [4.69, 9.17) is 34.8 Å². The molecule has 0 spiro atoms. The number of aliphatic hydroxyl groups is 1. The number of rotatable bonds is 5. The summed E-state index contributed by atoms with van der Waals surface area (Å²) in [6, 6.07) is 23.7. The summed E-state index contributed by atoms with van der Waals surface area (Å²) < 4.78 is 0. The Morgan fingerprint density at radius 3 is 1.77 bits per heavy atom. The van der Waals surface area contributed by atoms with Crippen molar-refractivity contribution in [1.82, 2.24) is 4.90 Å². The van der Waals surface area contributed by atoms with Crippen LogP contribution in [0.25, 0.3) is 5.57 Å². The van der Waals surface area contributed by atoms with Crippen LogP contribution in [0.15, 0.2) is 78.4 Å². The van der Waals surface area contributed by atoms with Crippen LogP contribution >= 0.6 is 34.8 Å². The third kappa shape index (κ3) is 5.00. The van der Waals surface area contributed by atoms with Crippen LogP contribution in [0.3, 0.4) is 0 Å². The van der Waals surface area contributed by atoms with Gasteiger partial charge in [0, 0.05) is 28.2 Å². The molecular weight excluding hydrogens is 449 g/mol. The average Bonchev–Trinajstić information content (AvgIpc) is 2.68. The van der Waals surface area contributed by atoms with Crippen LogP contribution in [0.4, 0.5) is 0 Å². The molecule has 0 radical (unpaired) electrons. The molecule has 1 N–H and O–H groups in total. The van der Waals surface area contributed by atoms with E-state index in [1.807, 2.05) is 62.4 Å². The number of likely N-dealkylation sites (tertiary alicyclic amines) is 1. The average molecular weight is 473 g/mol. The summed E-state index contributed by atoms with van der Waals surface area (Å²) in [5, 5.41) is 13.0. The molecule has 3 aromatic carbocycles. The summed E-state index contributed by atoms with van der Waals surface area (Å²) in [5.41, 5.74) is 4.48. The first-order valence-corrected chi connectivity index (χ1v) is 11.3. The second kappa shape index (κ2) is 8.97. The van der Waals surface area contributed by atoms with Crippen molar-refractivity contribution in [1.29, 1.82) is 0 Å². The van der Waals surface area contributed by atoms with Crippen LogP contribution in [0.1, 0.15) is 36.6 Å². The number of hydrogen-bond donors (Lipinski definition) is 1. The third-order valence-corrected chi connectivity index (χ3v) is 6.34. The Morgan fingerprint density at radius 2 is 1.32 bits per heavy atom. The van der Waals surface area contributed by atoms with Gasteiger partial charge >= 0.3 is 0 Å². The Morgan fingerprint density at radius 1 is 0.806 bits per heavy atom. The molecular formula is C26H24Cl3NO. The maximum Gasteiger partial charge on any atom is 0.0846 e. The number of hydrogen-bond acceptors (Lipinski definition) is 2. The SMILES string of the molecule is CC(C)(O)C(=C1CN(C(c2ccc(Cl)cc2)c2ccc(Cl)cc2)C1)c1cccc(Cl)c1. The van der Waals surface area contributed by atoms with Crippen LogP contribution < -0.4 is 0 Å². The van der Waals surface area contributed by atoms with Gasteiger partial charge in [0.15, 0.2) is 0 Å². The summed E-state index contributed by atoms with van der Waals surface area (Å²) in [6.45, 7) is 5.16. The Bertz CT molecular complexity index is 1050. The Balaban J connectivity index is 1.70. The van der Waals surface area contributed by atoms with E-state index in [-0.39, 0.29) is 6.04 Å². The summed E-state index contributed by atoms with van der Waals surface area (Å²) in [6.07, 6.45) is 0. The first kappa shape index (κ1) is 22.4. The molecule has 2 nitrogen and oxygen atoms in total. The molecule has 1 aliphatic rings. The highest BCUT2D eigenvalue weighted by molar-refractivity contribution is 6.31. The second-order valence-electron chi connectivity index (χ2n) is 8.46. The molecule has 0 aromatic heterocycles. The maximum absolute atomic E-state index is 10.9. The fourth-order valence-corrected chi connectivity index (χ4v) is 4.77. The number of nitrogens with zero attached hydrogens (tertiary/aromatic N) is 1. The highest BCUT2D eigenvalue weighted by Crippen LogP contribution is 2.40. The van der Waals surface area contributed by atoms with Crippen molar-refractivity contribution < 1.29 is 5.11 Å². The van der Waals surface area contributed by atoms with Crippen LogP contribution in [0.5, 0.6) is 0 Å². The molecule has 0 aliphatic carbocycles. The number of benzene rings is 3. The normalized spacial score (nSPS) is 14.6. The van der Waals surface area contributed by atoms with Crippen molar-refractivity contribution in [2.24, 2.45) is 0 Å². The summed E-state index contributed by atoms with van der Waals surface area (Å²) in [5.74, 6) is 0. The van der Waals surface area contributed by atoms with Crippen LogP contribution in [0, 0.1) is 0 Å². The highest BCUT2D eigenvalue weighted by Gasteiger charge is 2.35. The minimum absolute atomic E-state index is 0.0701. The van der Waals surface area contributed by atoms with Gasteiger partial charge in [0.2, 0.25) is 0 Å². The lowest BCUT2D eigenvalue weighted by Gasteiger charge is -2.44. The molecule has 160 valence electrons. The van der Waals surface area contributed by atoms with E-state index < -0.39 is 5.60 Å². The van der Waals surface area contributed by atoms with Gasteiger partial charge in [0.1, 0.15) is 0 Å². The summed E-state index contributed by atoms with van der Waals surface area (Å²) in [7, 11) is 0. The van der Waals surface area contributed by atoms with Crippen molar-refractivity contribution in [3.63, 3.8) is 0 Å². The van der Waals surface area contributed by atoms with E-state index >= 15 is 0 Å². The second-order valence-corrected chi connectivity index (χ2v) is 9.77. The fraction of sp³-hybridized carbons (Fsp3) is 0.231. The summed E-state index contributed by atoms with van der Waals surface area (Å²) in [4.78, 5) is 2.39. The van der Waals surface area contributed by atoms with Crippen molar-refractivity contribution >= 4 is 40.4 Å². The van der Waals surface area contributed by atoms with E-state index in [2.05, 4.69) is 29.2 Å². The van der Waals surface area contributed by atoms with Gasteiger partial charge in [-0.1, -0.05) is 71.2 Å². The van der Waals surface area contributed by atoms with Crippen LogP contribution in [0.2, 0.25) is 15.1 Å². The molecule has 0 saturated carbocycles. The van der Waals surface area contributed by atoms with Crippen molar-refractivity contribution in [3.8, 4) is 0 Å². The van der Waals surface area contributed by atoms with Crippen LogP contribution in [-0.2, 0) is 0 Å². The minimum Gasteiger partial charge on any atom is -0.386 e. The lowest BCUT2D eigenvalue weighted by Crippen LogP contribution is -2.45. The number of halogens is 3. The molecule has 0 unspecified atom stereocenters. The van der Waals surface area contributed by atoms with E-state index in [9.17, 15) is 5.11 Å². The molecule has 0 atom stereocenters. The van der Waals surface area contributed by atoms with Gasteiger partial charge in [-0.2, -0.15) is 0 Å². The van der Waals surface area contributed by atoms with Gasteiger partial charge in [-0.15, -0.1) is 0 Å². The van der Waals surface area contributed by atoms with Crippen molar-refractivity contribution in [3.05, 3.63) is 110 Å². The van der Waals surface area contributed by atoms with Gasteiger partial charge < -0.3 is 5.11 Å². The Kier molecular flexibility index (Phi) is 6.48. The lowest BCUT2D eigenvalue weighted by molar-refractivity contribution is 0.136. The Labute approximate surface area is 198 Å². The van der Waals surface area contributed by atoms with E-state index in [1.54, 1.807) is 0 Å². The van der Waals surface area contributed by atoms with E-state index in [0.717, 1.165) is 24.2 Å². The van der Waals surface area contributed by atoms with Crippen molar-refractivity contribution in [2.75, 3.05) is 13.1 Å². The van der Waals surface area contributed by atoms with Gasteiger partial charge in [0.25, 0.3) is 0 Å². The molecule has 1 aliphatic heterocycles. The molecule has 1 saturated heterocycles. The summed E-state index contributed by atoms with van der Waals surface area (Å²) >= 11 is 18.5. The largest absolute Gasteiger partial charge is 0.386 e. The first-order chi connectivity index (χ1) is 14.7. The predicted octanol–water partition coefficient (Wildman–Crippen LogP) is 7.28. The topological polar surface area (TPSA) is 23.5 Å². The maximum atomic E-state index is 10.9.